The molecule has 0 spiro atoms. The smallest absolute Gasteiger partial charge is 0.269 e. The summed E-state index contributed by atoms with van der Waals surface area (Å²) in [6.45, 7) is 0. The van der Waals surface area contributed by atoms with Crippen molar-refractivity contribution < 1.29 is 19.5 Å². The largest absolute Gasteiger partial charge is 0.545 e. The molecule has 2 amide bonds. The van der Waals surface area contributed by atoms with E-state index < -0.39 is 17.8 Å². The highest BCUT2D eigenvalue weighted by molar-refractivity contribution is 5.98. The lowest BCUT2D eigenvalue weighted by atomic mass is 10.0. The van der Waals surface area contributed by atoms with Crippen LogP contribution in [0.15, 0.2) is 66.7 Å². The molecule has 23 heavy (non-hydrogen) atoms. The van der Waals surface area contributed by atoms with E-state index in [2.05, 4.69) is 10.9 Å². The Hall–Kier alpha value is -3.41. The van der Waals surface area contributed by atoms with Gasteiger partial charge in [0.1, 0.15) is 0 Å². The van der Waals surface area contributed by atoms with Crippen molar-refractivity contribution in [2.24, 2.45) is 0 Å². The maximum Gasteiger partial charge on any atom is 0.269 e. The van der Waals surface area contributed by atoms with Gasteiger partial charge in [-0.3, -0.25) is 20.4 Å². The number of nitrogens with one attached hydrogen (secondary N) is 2. The molecule has 0 aliphatic carbocycles. The normalized spacial score (nSPS) is 10.3. The van der Waals surface area contributed by atoms with Crippen molar-refractivity contribution in [1.29, 1.82) is 0 Å². The molecule has 2 aromatic carbocycles. The van der Waals surface area contributed by atoms with E-state index in [-0.39, 0.29) is 0 Å². The molecule has 0 atom stereocenters. The zero-order valence-corrected chi connectivity index (χ0v) is 12.0. The van der Waals surface area contributed by atoms with Crippen molar-refractivity contribution in [1.82, 2.24) is 10.9 Å². The van der Waals surface area contributed by atoms with E-state index in [1.807, 2.05) is 30.3 Å². The minimum atomic E-state index is -1.50. The van der Waals surface area contributed by atoms with Crippen LogP contribution < -0.4 is 16.0 Å². The van der Waals surface area contributed by atoms with Gasteiger partial charge >= 0.3 is 0 Å². The van der Waals surface area contributed by atoms with Gasteiger partial charge in [0.15, 0.2) is 0 Å². The van der Waals surface area contributed by atoms with E-state index in [1.165, 1.54) is 0 Å². The molecule has 0 aliphatic heterocycles. The molecule has 0 bridgehead atoms. The SMILES string of the molecule is O=C([O-])/C=C/C(=O)NNC(=O)c1ccc(-c2ccccc2)cc1. The highest BCUT2D eigenvalue weighted by Crippen LogP contribution is 2.19. The van der Waals surface area contributed by atoms with Gasteiger partial charge in [-0.05, 0) is 29.3 Å². The first-order valence-electron chi connectivity index (χ1n) is 6.71. The van der Waals surface area contributed by atoms with E-state index in [9.17, 15) is 19.5 Å². The average Bonchev–Trinajstić information content (AvgIpc) is 2.58. The van der Waals surface area contributed by atoms with Gasteiger partial charge in [-0.1, -0.05) is 42.5 Å². The lowest BCUT2D eigenvalue weighted by Gasteiger charge is -2.06. The molecule has 116 valence electrons. The molecule has 0 aliphatic rings. The Morgan fingerprint density at radius 3 is 2.00 bits per heavy atom. The number of aliphatic carboxylic acids is 1. The Morgan fingerprint density at radius 1 is 0.783 bits per heavy atom. The molecule has 0 heterocycles. The lowest BCUT2D eigenvalue weighted by Crippen LogP contribution is -2.40. The van der Waals surface area contributed by atoms with Crippen LogP contribution >= 0.6 is 0 Å². The summed E-state index contributed by atoms with van der Waals surface area (Å²) in [6, 6.07) is 16.5. The summed E-state index contributed by atoms with van der Waals surface area (Å²) < 4.78 is 0. The molecular weight excluding hydrogens is 296 g/mol. The molecule has 0 fully saturated rings. The number of hydrazine groups is 1. The van der Waals surface area contributed by atoms with Gasteiger partial charge in [0.05, 0.1) is 5.97 Å². The number of hydrogen-bond donors (Lipinski definition) is 2. The maximum absolute atomic E-state index is 11.9. The molecule has 0 aromatic heterocycles. The third-order valence-electron chi connectivity index (χ3n) is 2.92. The fourth-order valence-electron chi connectivity index (χ4n) is 1.82. The van der Waals surface area contributed by atoms with E-state index in [4.69, 9.17) is 0 Å². The molecule has 0 saturated carbocycles. The molecule has 6 heteroatoms. The number of carbonyl (C=O) groups excluding carboxylic acids is 3. The van der Waals surface area contributed by atoms with Gasteiger partial charge in [0.2, 0.25) is 0 Å². The Balaban J connectivity index is 1.95. The van der Waals surface area contributed by atoms with Crippen LogP contribution in [0.25, 0.3) is 11.1 Å². The molecule has 2 rings (SSSR count). The first kappa shape index (κ1) is 16.0. The number of rotatable bonds is 4. The molecule has 0 unspecified atom stereocenters. The highest BCUT2D eigenvalue weighted by atomic mass is 16.4. The fourth-order valence-corrected chi connectivity index (χ4v) is 1.82. The first-order valence-corrected chi connectivity index (χ1v) is 6.71. The van der Waals surface area contributed by atoms with Crippen LogP contribution in [-0.4, -0.2) is 17.8 Å². The monoisotopic (exact) mass is 309 g/mol. The van der Waals surface area contributed by atoms with Crippen LogP contribution in [0.1, 0.15) is 10.4 Å². The van der Waals surface area contributed by atoms with Crippen molar-refractivity contribution in [3.63, 3.8) is 0 Å². The minimum Gasteiger partial charge on any atom is -0.545 e. The zero-order valence-electron chi connectivity index (χ0n) is 12.0. The number of benzene rings is 2. The third-order valence-corrected chi connectivity index (χ3v) is 2.92. The van der Waals surface area contributed by atoms with E-state index >= 15 is 0 Å². The van der Waals surface area contributed by atoms with Gasteiger partial charge in [-0.25, -0.2) is 0 Å². The van der Waals surface area contributed by atoms with Crippen molar-refractivity contribution in [2.45, 2.75) is 0 Å². The molecule has 0 radical (unpaired) electrons. The van der Waals surface area contributed by atoms with E-state index in [0.29, 0.717) is 11.6 Å². The zero-order chi connectivity index (χ0) is 16.7. The number of carbonyl (C=O) groups is 3. The summed E-state index contributed by atoms with van der Waals surface area (Å²) in [5.74, 6) is -2.79. The maximum atomic E-state index is 11.9. The van der Waals surface area contributed by atoms with Crippen LogP contribution in [0.5, 0.6) is 0 Å². The quantitative estimate of drug-likeness (QED) is 0.631. The van der Waals surface area contributed by atoms with Gasteiger partial charge in [-0.2, -0.15) is 0 Å². The summed E-state index contributed by atoms with van der Waals surface area (Å²) >= 11 is 0. The summed E-state index contributed by atoms with van der Waals surface area (Å²) in [6.07, 6.45) is 1.31. The lowest BCUT2D eigenvalue weighted by molar-refractivity contribution is -0.297. The van der Waals surface area contributed by atoms with Gasteiger partial charge in [0, 0.05) is 11.6 Å². The third kappa shape index (κ3) is 4.82. The van der Waals surface area contributed by atoms with Gasteiger partial charge < -0.3 is 9.90 Å². The van der Waals surface area contributed by atoms with Crippen molar-refractivity contribution in [3.05, 3.63) is 72.3 Å². The Kier molecular flexibility index (Phi) is 5.25. The summed E-state index contributed by atoms with van der Waals surface area (Å²) in [7, 11) is 0. The van der Waals surface area contributed by atoms with Crippen LogP contribution in [0, 0.1) is 0 Å². The summed E-state index contributed by atoms with van der Waals surface area (Å²) in [4.78, 5) is 33.2. The van der Waals surface area contributed by atoms with Gasteiger partial charge in [0.25, 0.3) is 11.8 Å². The Morgan fingerprint density at radius 2 is 1.39 bits per heavy atom. The predicted octanol–water partition coefficient (Wildman–Crippen LogP) is 0.421. The second-order valence-electron chi connectivity index (χ2n) is 4.54. The molecule has 2 aromatic rings. The van der Waals surface area contributed by atoms with Crippen LogP contribution in [0.3, 0.4) is 0 Å². The number of hydrogen-bond acceptors (Lipinski definition) is 4. The Bertz CT molecular complexity index is 737. The topological polar surface area (TPSA) is 98.3 Å². The van der Waals surface area contributed by atoms with Crippen LogP contribution in [0.2, 0.25) is 0 Å². The molecular formula is C17H13N2O4-. The van der Waals surface area contributed by atoms with Gasteiger partial charge in [-0.15, -0.1) is 0 Å². The minimum absolute atomic E-state index is 0.355. The van der Waals surface area contributed by atoms with Crippen LogP contribution in [0.4, 0.5) is 0 Å². The second kappa shape index (κ2) is 7.56. The molecule has 2 N–H and O–H groups in total. The van der Waals surface area contributed by atoms with E-state index in [1.54, 1.807) is 24.3 Å². The van der Waals surface area contributed by atoms with E-state index in [0.717, 1.165) is 17.2 Å². The molecule has 6 nitrogen and oxygen atoms in total. The summed E-state index contributed by atoms with van der Waals surface area (Å²) in [5, 5.41) is 10.1. The Labute approximate surface area is 132 Å². The van der Waals surface area contributed by atoms with Crippen molar-refractivity contribution in [3.8, 4) is 11.1 Å². The van der Waals surface area contributed by atoms with Crippen molar-refractivity contribution in [2.75, 3.05) is 0 Å². The first-order chi connectivity index (χ1) is 11.1. The number of carboxylic acids is 1. The van der Waals surface area contributed by atoms with Crippen molar-refractivity contribution >= 4 is 17.8 Å². The highest BCUT2D eigenvalue weighted by Gasteiger charge is 2.06. The van der Waals surface area contributed by atoms with Crippen LogP contribution in [-0.2, 0) is 9.59 Å². The predicted molar refractivity (Wildman–Crippen MR) is 81.6 cm³/mol. The molecule has 0 saturated heterocycles. The number of amides is 2. The standard InChI is InChI=1S/C17H14N2O4/c20-15(10-11-16(21)22)18-19-17(23)14-8-6-13(7-9-14)12-4-2-1-3-5-12/h1-11H,(H,18,20)(H,19,23)(H,21,22)/p-1/b11-10+. The summed E-state index contributed by atoms with van der Waals surface area (Å²) in [5.41, 5.74) is 6.59. The average molecular weight is 309 g/mol. The second-order valence-corrected chi connectivity index (χ2v) is 4.54. The number of carboxylic acid groups (broad SMARTS) is 1. The fraction of sp³-hybridized carbons (Fsp3) is 0.